The van der Waals surface area contributed by atoms with Crippen molar-refractivity contribution in [3.05, 3.63) is 65.5 Å². The second-order valence-electron chi connectivity index (χ2n) is 5.27. The summed E-state index contributed by atoms with van der Waals surface area (Å²) >= 11 is 0. The van der Waals surface area contributed by atoms with Crippen LogP contribution >= 0.6 is 0 Å². The first-order chi connectivity index (χ1) is 8.14. The lowest BCUT2D eigenvalue weighted by atomic mass is 9.91. The van der Waals surface area contributed by atoms with Crippen molar-refractivity contribution in [3.8, 4) is 5.75 Å². The van der Waals surface area contributed by atoms with Gasteiger partial charge in [0.1, 0.15) is 11.5 Å². The molecule has 0 saturated carbocycles. The van der Waals surface area contributed by atoms with Crippen molar-refractivity contribution in [1.82, 2.24) is 0 Å². The van der Waals surface area contributed by atoms with Gasteiger partial charge in [-0.2, -0.15) is 0 Å². The molecule has 0 N–H and O–H groups in total. The first-order valence-corrected chi connectivity index (χ1v) is 6.01. The molecule has 0 spiro atoms. The minimum atomic E-state index is 0.0554. The second kappa shape index (κ2) is 3.63. The molecule has 0 unspecified atom stereocenters. The van der Waals surface area contributed by atoms with Gasteiger partial charge in [-0.15, -0.1) is 0 Å². The number of para-hydroxylation sites is 1. The molecule has 17 heavy (non-hydrogen) atoms. The van der Waals surface area contributed by atoms with Crippen molar-refractivity contribution in [2.75, 3.05) is 0 Å². The minimum Gasteiger partial charge on any atom is -0.457 e. The number of ether oxygens (including phenoxy) is 1. The molecule has 1 nitrogen and oxygen atoms in total. The topological polar surface area (TPSA) is 9.23 Å². The lowest BCUT2D eigenvalue weighted by Gasteiger charge is -2.24. The monoisotopic (exact) mass is 224 g/mol. The second-order valence-corrected chi connectivity index (χ2v) is 5.27. The molecule has 0 atom stereocenters. The van der Waals surface area contributed by atoms with Crippen molar-refractivity contribution in [2.45, 2.75) is 20.3 Å². The van der Waals surface area contributed by atoms with E-state index in [1.165, 1.54) is 11.1 Å². The molecule has 1 aliphatic heterocycles. The fourth-order valence-corrected chi connectivity index (χ4v) is 2.29. The first-order valence-electron chi connectivity index (χ1n) is 6.01. The Morgan fingerprint density at radius 3 is 2.88 bits per heavy atom. The van der Waals surface area contributed by atoms with Crippen molar-refractivity contribution in [3.63, 3.8) is 0 Å². The molecule has 1 heterocycles. The van der Waals surface area contributed by atoms with Crippen LogP contribution < -0.4 is 4.74 Å². The fourth-order valence-electron chi connectivity index (χ4n) is 2.29. The van der Waals surface area contributed by atoms with Crippen LogP contribution in [0.25, 0.3) is 0 Å². The molecule has 0 amide bonds. The highest BCUT2D eigenvalue weighted by atomic mass is 16.5. The van der Waals surface area contributed by atoms with Gasteiger partial charge < -0.3 is 4.74 Å². The number of fused-ring (bicyclic) bond motifs is 2. The van der Waals surface area contributed by atoms with Gasteiger partial charge in [0.25, 0.3) is 0 Å². The summed E-state index contributed by atoms with van der Waals surface area (Å²) < 4.78 is 6.00. The normalized spacial score (nSPS) is 20.4. The smallest absolute Gasteiger partial charge is 0.130 e. The standard InChI is InChI=1S/C16H16O/c1-16(2)9-5-7-13-10-12-6-3-4-8-14(12)17-15(13)11-16/h3-9,11H,10H2,1-2H3. The molecule has 1 aromatic carbocycles. The number of allylic oxidation sites excluding steroid dienone is 5. The van der Waals surface area contributed by atoms with Gasteiger partial charge in [0.2, 0.25) is 0 Å². The molecular weight excluding hydrogens is 208 g/mol. The molecular formula is C16H16O. The van der Waals surface area contributed by atoms with E-state index in [2.05, 4.69) is 50.3 Å². The first kappa shape index (κ1) is 10.4. The van der Waals surface area contributed by atoms with Crippen LogP contribution in [0.4, 0.5) is 0 Å². The summed E-state index contributed by atoms with van der Waals surface area (Å²) in [5.74, 6) is 2.01. The third-order valence-electron chi connectivity index (χ3n) is 3.22. The fraction of sp³-hybridized carbons (Fsp3) is 0.250. The molecule has 1 aromatic rings. The van der Waals surface area contributed by atoms with Gasteiger partial charge in [0.05, 0.1) is 0 Å². The highest BCUT2D eigenvalue weighted by Gasteiger charge is 2.23. The molecule has 0 aromatic heterocycles. The maximum atomic E-state index is 6.00. The van der Waals surface area contributed by atoms with Gasteiger partial charge >= 0.3 is 0 Å². The van der Waals surface area contributed by atoms with Crippen LogP contribution in [-0.2, 0) is 6.42 Å². The largest absolute Gasteiger partial charge is 0.457 e. The molecule has 0 radical (unpaired) electrons. The van der Waals surface area contributed by atoms with Crippen LogP contribution in [0.2, 0.25) is 0 Å². The van der Waals surface area contributed by atoms with Crippen LogP contribution in [0, 0.1) is 5.41 Å². The third kappa shape index (κ3) is 1.93. The Balaban J connectivity index is 2.08. The zero-order chi connectivity index (χ0) is 11.9. The summed E-state index contributed by atoms with van der Waals surface area (Å²) in [6, 6.07) is 8.26. The average Bonchev–Trinajstić information content (AvgIpc) is 2.42. The third-order valence-corrected chi connectivity index (χ3v) is 3.22. The van der Waals surface area contributed by atoms with E-state index in [1.807, 2.05) is 12.1 Å². The van der Waals surface area contributed by atoms with E-state index in [0.29, 0.717) is 0 Å². The van der Waals surface area contributed by atoms with Gasteiger partial charge in [-0.05, 0) is 23.3 Å². The SMILES string of the molecule is CC1(C)C=CC=C2Cc3ccccc3OC2=C1. The highest BCUT2D eigenvalue weighted by molar-refractivity contribution is 5.49. The van der Waals surface area contributed by atoms with Gasteiger partial charge in [-0.1, -0.05) is 50.3 Å². The number of benzene rings is 1. The Morgan fingerprint density at radius 2 is 2.00 bits per heavy atom. The minimum absolute atomic E-state index is 0.0554. The molecule has 1 aliphatic carbocycles. The van der Waals surface area contributed by atoms with E-state index >= 15 is 0 Å². The van der Waals surface area contributed by atoms with Crippen molar-refractivity contribution in [1.29, 1.82) is 0 Å². The summed E-state index contributed by atoms with van der Waals surface area (Å²) in [6.45, 7) is 4.38. The summed E-state index contributed by atoms with van der Waals surface area (Å²) in [5.41, 5.74) is 2.59. The Morgan fingerprint density at radius 1 is 1.18 bits per heavy atom. The molecule has 0 saturated heterocycles. The van der Waals surface area contributed by atoms with Crippen molar-refractivity contribution >= 4 is 0 Å². The molecule has 2 aliphatic rings. The van der Waals surface area contributed by atoms with Crippen LogP contribution in [0.1, 0.15) is 19.4 Å². The quantitative estimate of drug-likeness (QED) is 0.646. The Hall–Kier alpha value is -1.76. The molecule has 0 fully saturated rings. The van der Waals surface area contributed by atoms with Gasteiger partial charge in [-0.3, -0.25) is 0 Å². The van der Waals surface area contributed by atoms with Gasteiger partial charge in [0, 0.05) is 11.8 Å². The zero-order valence-corrected chi connectivity index (χ0v) is 10.2. The lowest BCUT2D eigenvalue weighted by Crippen LogP contribution is -2.13. The summed E-state index contributed by atoms with van der Waals surface area (Å²) in [6.07, 6.45) is 9.67. The molecule has 0 bridgehead atoms. The number of rotatable bonds is 0. The van der Waals surface area contributed by atoms with E-state index in [-0.39, 0.29) is 5.41 Å². The Bertz CT molecular complexity index is 544. The zero-order valence-electron chi connectivity index (χ0n) is 10.2. The summed E-state index contributed by atoms with van der Waals surface area (Å²) in [5, 5.41) is 0. The Labute approximate surface area is 102 Å². The number of hydrogen-bond acceptors (Lipinski definition) is 1. The average molecular weight is 224 g/mol. The molecule has 1 heteroatoms. The maximum absolute atomic E-state index is 6.00. The molecule has 86 valence electrons. The van der Waals surface area contributed by atoms with Crippen LogP contribution in [0.15, 0.2) is 59.9 Å². The van der Waals surface area contributed by atoms with Crippen LogP contribution in [0.5, 0.6) is 5.75 Å². The van der Waals surface area contributed by atoms with E-state index < -0.39 is 0 Å². The predicted molar refractivity (Wildman–Crippen MR) is 69.9 cm³/mol. The van der Waals surface area contributed by atoms with Gasteiger partial charge in [-0.25, -0.2) is 0 Å². The summed E-state index contributed by atoms with van der Waals surface area (Å²) in [4.78, 5) is 0. The van der Waals surface area contributed by atoms with E-state index in [1.54, 1.807) is 0 Å². The summed E-state index contributed by atoms with van der Waals surface area (Å²) in [7, 11) is 0. The highest BCUT2D eigenvalue weighted by Crippen LogP contribution is 2.36. The van der Waals surface area contributed by atoms with E-state index in [0.717, 1.165) is 17.9 Å². The van der Waals surface area contributed by atoms with Crippen molar-refractivity contribution < 1.29 is 4.74 Å². The predicted octanol–water partition coefficient (Wildman–Crippen LogP) is 4.03. The van der Waals surface area contributed by atoms with Crippen molar-refractivity contribution in [2.24, 2.45) is 5.41 Å². The number of hydrogen-bond donors (Lipinski definition) is 0. The van der Waals surface area contributed by atoms with Crippen LogP contribution in [0.3, 0.4) is 0 Å². The van der Waals surface area contributed by atoms with E-state index in [4.69, 9.17) is 4.74 Å². The molecule has 3 rings (SSSR count). The van der Waals surface area contributed by atoms with Crippen LogP contribution in [-0.4, -0.2) is 0 Å². The maximum Gasteiger partial charge on any atom is 0.130 e. The lowest BCUT2D eigenvalue weighted by molar-refractivity contribution is 0.403. The van der Waals surface area contributed by atoms with Gasteiger partial charge in [0.15, 0.2) is 0 Å². The van der Waals surface area contributed by atoms with E-state index in [9.17, 15) is 0 Å². The Kier molecular flexibility index (Phi) is 2.22.